The van der Waals surface area contributed by atoms with Crippen molar-refractivity contribution in [3.63, 3.8) is 0 Å². The van der Waals surface area contributed by atoms with Crippen LogP contribution in [-0.4, -0.2) is 59.0 Å². The zero-order valence-electron chi connectivity index (χ0n) is 22.6. The summed E-state index contributed by atoms with van der Waals surface area (Å²) in [5.41, 5.74) is 2.52. The van der Waals surface area contributed by atoms with Gasteiger partial charge in [-0.15, -0.1) is 0 Å². The molecule has 0 aromatic heterocycles. The Bertz CT molecular complexity index is 977. The minimum Gasteiger partial charge on any atom is -0.480 e. The average Bonchev–Trinajstić information content (AvgIpc) is 3.15. The summed E-state index contributed by atoms with van der Waals surface area (Å²) in [6.45, 7) is 7.49. The zero-order chi connectivity index (χ0) is 27.0. The third-order valence-electron chi connectivity index (χ3n) is 10.0. The minimum absolute atomic E-state index is 0.0848. The maximum absolute atomic E-state index is 12.1. The fourth-order valence-electron chi connectivity index (χ4n) is 7.76. The normalized spacial score (nSPS) is 36.6. The Morgan fingerprint density at radius 1 is 1.08 bits per heavy atom. The van der Waals surface area contributed by atoms with E-state index in [2.05, 4.69) is 35.7 Å². The van der Waals surface area contributed by atoms with Crippen LogP contribution in [0.15, 0.2) is 16.8 Å². The van der Waals surface area contributed by atoms with Gasteiger partial charge in [-0.3, -0.25) is 9.59 Å². The lowest BCUT2D eigenvalue weighted by molar-refractivity contribution is -0.143. The van der Waals surface area contributed by atoms with Gasteiger partial charge in [-0.25, -0.2) is 4.79 Å². The molecule has 9 nitrogen and oxygen atoms in total. The SMILES string of the molecule is CC(C)C(NC(=O)CNC(=O)CON=C1C=C2CCC3C(CC[C@@]4(C)C3CC[C@H]4O)[C@@]2(C)CC1)C(=O)O. The number of oxime groups is 1. The highest BCUT2D eigenvalue weighted by molar-refractivity contribution is 5.96. The highest BCUT2D eigenvalue weighted by atomic mass is 16.6. The van der Waals surface area contributed by atoms with Gasteiger partial charge in [0.05, 0.1) is 18.4 Å². The molecule has 3 fully saturated rings. The molecule has 4 aliphatic rings. The highest BCUT2D eigenvalue weighted by Gasteiger charge is 2.58. The van der Waals surface area contributed by atoms with E-state index in [1.165, 1.54) is 12.0 Å². The third-order valence-corrected chi connectivity index (χ3v) is 10.0. The van der Waals surface area contributed by atoms with Crippen LogP contribution in [-0.2, 0) is 19.2 Å². The maximum atomic E-state index is 12.1. The van der Waals surface area contributed by atoms with E-state index in [-0.39, 0.29) is 36.0 Å². The van der Waals surface area contributed by atoms with E-state index in [9.17, 15) is 19.5 Å². The van der Waals surface area contributed by atoms with Crippen LogP contribution < -0.4 is 10.6 Å². The number of carboxylic acid groups (broad SMARTS) is 1. The van der Waals surface area contributed by atoms with Crippen LogP contribution in [0.2, 0.25) is 0 Å². The molecule has 0 saturated heterocycles. The molecule has 9 heteroatoms. The van der Waals surface area contributed by atoms with Crippen molar-refractivity contribution in [2.24, 2.45) is 39.7 Å². The molecule has 4 unspecified atom stereocenters. The second kappa shape index (κ2) is 10.8. The molecule has 4 rings (SSSR count). The van der Waals surface area contributed by atoms with E-state index in [4.69, 9.17) is 9.94 Å². The standard InChI is InChI=1S/C28H43N3O6/c1-16(2)25(26(35)36)30-23(33)14-29-24(34)15-37-31-18-9-11-27(3)17(13-18)5-6-19-20-7-8-22(32)28(20,4)12-10-21(19)27/h13,16,19-22,25,32H,5-12,14-15H2,1-4H3,(H,29,34)(H,30,33)(H,35,36)/t19?,20?,21?,22-,25?,27+,28+/m1/s1. The van der Waals surface area contributed by atoms with Crippen molar-refractivity contribution in [1.29, 1.82) is 0 Å². The number of carboxylic acids is 1. The molecule has 0 radical (unpaired) electrons. The maximum Gasteiger partial charge on any atom is 0.326 e. The summed E-state index contributed by atoms with van der Waals surface area (Å²) in [6, 6.07) is -1.00. The van der Waals surface area contributed by atoms with E-state index in [1.54, 1.807) is 13.8 Å². The molecule has 0 bridgehead atoms. The fraction of sp³-hybridized carbons (Fsp3) is 0.786. The van der Waals surface area contributed by atoms with E-state index in [0.29, 0.717) is 17.8 Å². The first-order chi connectivity index (χ1) is 17.5. The van der Waals surface area contributed by atoms with Crippen molar-refractivity contribution in [2.75, 3.05) is 13.2 Å². The predicted molar refractivity (Wildman–Crippen MR) is 139 cm³/mol. The lowest BCUT2D eigenvalue weighted by Gasteiger charge is -2.57. The molecule has 0 aliphatic heterocycles. The number of nitrogens with zero attached hydrogens (tertiary/aromatic N) is 1. The molecule has 0 aromatic rings. The topological polar surface area (TPSA) is 137 Å². The van der Waals surface area contributed by atoms with Crippen LogP contribution in [0.25, 0.3) is 0 Å². The van der Waals surface area contributed by atoms with Crippen LogP contribution in [0.3, 0.4) is 0 Å². The van der Waals surface area contributed by atoms with E-state index >= 15 is 0 Å². The smallest absolute Gasteiger partial charge is 0.326 e. The number of aliphatic hydroxyl groups is 1. The van der Waals surface area contributed by atoms with Crippen molar-refractivity contribution < 1.29 is 29.4 Å². The number of allylic oxidation sites excluding steroid dienone is 2. The number of hydrogen-bond donors (Lipinski definition) is 4. The number of aliphatic hydroxyl groups excluding tert-OH is 1. The van der Waals surface area contributed by atoms with Crippen LogP contribution in [0.1, 0.15) is 79.1 Å². The number of rotatable bonds is 8. The second-order valence-corrected chi connectivity index (χ2v) is 12.4. The lowest BCUT2D eigenvalue weighted by atomic mass is 9.47. The molecule has 0 spiro atoms. The fourth-order valence-corrected chi connectivity index (χ4v) is 7.76. The van der Waals surface area contributed by atoms with Gasteiger partial charge in [-0.05, 0) is 91.9 Å². The van der Waals surface area contributed by atoms with Crippen molar-refractivity contribution in [3.8, 4) is 0 Å². The molecule has 7 atom stereocenters. The lowest BCUT2D eigenvalue weighted by Crippen LogP contribution is -2.51. The summed E-state index contributed by atoms with van der Waals surface area (Å²) >= 11 is 0. The quantitative estimate of drug-likeness (QED) is 0.365. The van der Waals surface area contributed by atoms with Crippen LogP contribution in [0, 0.1) is 34.5 Å². The summed E-state index contributed by atoms with van der Waals surface area (Å²) in [5.74, 6) is -0.492. The molecular weight excluding hydrogens is 474 g/mol. The van der Waals surface area contributed by atoms with Crippen molar-refractivity contribution >= 4 is 23.5 Å². The van der Waals surface area contributed by atoms with Gasteiger partial charge in [0, 0.05) is 0 Å². The Labute approximate surface area is 219 Å². The molecule has 0 heterocycles. The monoisotopic (exact) mass is 517 g/mol. The van der Waals surface area contributed by atoms with E-state index in [1.807, 2.05) is 0 Å². The van der Waals surface area contributed by atoms with Crippen LogP contribution in [0.4, 0.5) is 0 Å². The first-order valence-corrected chi connectivity index (χ1v) is 13.8. The number of hydrogen-bond acceptors (Lipinski definition) is 6. The second-order valence-electron chi connectivity index (χ2n) is 12.4. The summed E-state index contributed by atoms with van der Waals surface area (Å²) < 4.78 is 0. The Morgan fingerprint density at radius 2 is 1.84 bits per heavy atom. The summed E-state index contributed by atoms with van der Waals surface area (Å²) in [7, 11) is 0. The first-order valence-electron chi connectivity index (χ1n) is 13.8. The van der Waals surface area contributed by atoms with Crippen molar-refractivity contribution in [3.05, 3.63) is 11.6 Å². The van der Waals surface area contributed by atoms with Gasteiger partial charge in [-0.1, -0.05) is 38.4 Å². The molecule has 0 aromatic carbocycles. The van der Waals surface area contributed by atoms with Gasteiger partial charge in [-0.2, -0.15) is 0 Å². The third kappa shape index (κ3) is 5.42. The molecule has 37 heavy (non-hydrogen) atoms. The molecule has 4 aliphatic carbocycles. The van der Waals surface area contributed by atoms with Crippen molar-refractivity contribution in [2.45, 2.75) is 91.2 Å². The largest absolute Gasteiger partial charge is 0.480 e. The minimum atomic E-state index is -1.11. The van der Waals surface area contributed by atoms with Gasteiger partial charge < -0.3 is 25.7 Å². The molecule has 2 amide bonds. The van der Waals surface area contributed by atoms with Crippen LogP contribution >= 0.6 is 0 Å². The predicted octanol–water partition coefficient (Wildman–Crippen LogP) is 3.02. The zero-order valence-corrected chi connectivity index (χ0v) is 22.6. The summed E-state index contributed by atoms with van der Waals surface area (Å²) in [6.07, 6.45) is 10.4. The molecular formula is C28H43N3O6. The van der Waals surface area contributed by atoms with Gasteiger partial charge in [0.2, 0.25) is 5.91 Å². The molecule has 4 N–H and O–H groups in total. The highest BCUT2D eigenvalue weighted by Crippen LogP contribution is 2.65. The van der Waals surface area contributed by atoms with E-state index < -0.39 is 23.8 Å². The first kappa shape index (κ1) is 27.6. The number of carbonyl (C=O) groups is 3. The summed E-state index contributed by atoms with van der Waals surface area (Å²) in [4.78, 5) is 40.6. The Morgan fingerprint density at radius 3 is 2.54 bits per heavy atom. The van der Waals surface area contributed by atoms with E-state index in [0.717, 1.165) is 50.7 Å². The van der Waals surface area contributed by atoms with Gasteiger partial charge >= 0.3 is 5.97 Å². The average molecular weight is 518 g/mol. The number of fused-ring (bicyclic) bond motifs is 5. The molecule has 3 saturated carbocycles. The number of nitrogens with one attached hydrogen (secondary N) is 2. The van der Waals surface area contributed by atoms with Gasteiger partial charge in [0.15, 0.2) is 6.61 Å². The Kier molecular flexibility index (Phi) is 8.02. The number of amides is 2. The van der Waals surface area contributed by atoms with Gasteiger partial charge in [0.1, 0.15) is 6.04 Å². The summed E-state index contributed by atoms with van der Waals surface area (Å²) in [5, 5.41) is 28.9. The molecule has 206 valence electrons. The Balaban J connectivity index is 1.28. The van der Waals surface area contributed by atoms with Crippen LogP contribution in [0.5, 0.6) is 0 Å². The van der Waals surface area contributed by atoms with Crippen molar-refractivity contribution in [1.82, 2.24) is 10.6 Å². The van der Waals surface area contributed by atoms with Gasteiger partial charge in [0.25, 0.3) is 5.91 Å². The number of aliphatic carboxylic acids is 1. The number of carbonyl (C=O) groups excluding carboxylic acids is 2. The Hall–Kier alpha value is -2.42.